The largest absolute Gasteiger partial charge is 0.618 e. The Kier molecular flexibility index (Phi) is 10.1. The van der Waals surface area contributed by atoms with Gasteiger partial charge in [0.1, 0.15) is 18.8 Å². The smallest absolute Gasteiger partial charge is 0.334 e. The fraction of sp³-hybridized carbons (Fsp3) is 0.613. The van der Waals surface area contributed by atoms with E-state index >= 15 is 0 Å². The van der Waals surface area contributed by atoms with E-state index < -0.39 is 10.6 Å². The molecule has 3 heterocycles. The number of fused-ring (bicyclic) bond motifs is 2. The van der Waals surface area contributed by atoms with Gasteiger partial charge in [-0.1, -0.05) is 38.8 Å². The number of nitrogens with zero attached hydrogens (tertiary/aromatic N) is 4. The number of aliphatic imine (C=N–C) groups is 2. The summed E-state index contributed by atoms with van der Waals surface area (Å²) in [4.78, 5) is 37.5. The predicted molar refractivity (Wildman–Crippen MR) is 162 cm³/mol. The minimum absolute atomic E-state index is 0.0274. The molecule has 40 heavy (non-hydrogen) atoms. The monoisotopic (exact) mass is 569 g/mol. The molecule has 1 N–H and O–H groups in total. The van der Waals surface area contributed by atoms with E-state index in [1.165, 1.54) is 0 Å². The summed E-state index contributed by atoms with van der Waals surface area (Å²) in [7, 11) is 0. The third-order valence-corrected chi connectivity index (χ3v) is 8.78. The minimum Gasteiger partial charge on any atom is -0.618 e. The number of hydrogen-bond donors (Lipinski definition) is 1. The first-order valence-electron chi connectivity index (χ1n) is 14.7. The van der Waals surface area contributed by atoms with Crippen LogP contribution in [-0.4, -0.2) is 71.5 Å². The molecule has 0 spiro atoms. The maximum absolute atomic E-state index is 14.0. The average molecular weight is 570 g/mol. The van der Waals surface area contributed by atoms with Gasteiger partial charge in [-0.05, 0) is 94.9 Å². The van der Waals surface area contributed by atoms with Crippen LogP contribution >= 0.6 is 11.6 Å². The van der Waals surface area contributed by atoms with Gasteiger partial charge in [0.05, 0.1) is 18.3 Å². The molecule has 8 nitrogen and oxygen atoms in total. The van der Waals surface area contributed by atoms with Crippen LogP contribution in [-0.2, 0) is 16.1 Å². The van der Waals surface area contributed by atoms with Gasteiger partial charge < -0.3 is 10.5 Å². The molecule has 9 heteroatoms. The lowest BCUT2D eigenvalue weighted by Crippen LogP contribution is -2.59. The number of nitrogens with one attached hydrogen (secondary N) is 1. The Morgan fingerprint density at radius 1 is 1.27 bits per heavy atom. The molecule has 3 aliphatic heterocycles. The third-order valence-electron chi connectivity index (χ3n) is 8.54. The number of ketones is 1. The van der Waals surface area contributed by atoms with Crippen LogP contribution in [0.25, 0.3) is 0 Å². The van der Waals surface area contributed by atoms with Crippen molar-refractivity contribution in [3.63, 3.8) is 0 Å². The number of quaternary nitrogens is 1. The zero-order valence-corrected chi connectivity index (χ0v) is 25.2. The first-order chi connectivity index (χ1) is 19.0. The zero-order valence-electron chi connectivity index (χ0n) is 24.4. The lowest BCUT2D eigenvalue weighted by atomic mass is 9.80. The van der Waals surface area contributed by atoms with E-state index in [2.05, 4.69) is 27.1 Å². The third kappa shape index (κ3) is 7.15. The van der Waals surface area contributed by atoms with Crippen molar-refractivity contribution in [3.05, 3.63) is 46.1 Å². The number of amidine groups is 1. The summed E-state index contributed by atoms with van der Waals surface area (Å²) in [5.74, 6) is 0.650. The molecule has 4 rings (SSSR count). The van der Waals surface area contributed by atoms with Gasteiger partial charge in [-0.15, -0.1) is 0 Å². The molecule has 0 aliphatic carbocycles. The number of carbonyl (C=O) groups excluding carboxylic acids is 2. The van der Waals surface area contributed by atoms with Crippen molar-refractivity contribution in [3.8, 4) is 0 Å². The first kappa shape index (κ1) is 30.7. The van der Waals surface area contributed by atoms with Gasteiger partial charge in [-0.25, -0.2) is 9.44 Å². The van der Waals surface area contributed by atoms with Gasteiger partial charge in [-0.2, -0.15) is 4.99 Å². The standard InChI is InChI=1S/C31H44ClN5O3/c1-5-14-31(3,4)29(39)22(2)33-15-6-8-23-12-16-36(17-13-23)21-28(38)37(40)18-7-9-27-30(37)35-26-11-10-25(32)19-24(26)20-34-27/h7,9-11,19,22-23,33H,5-6,8,12-18,20-21H2,1-4H3. The lowest BCUT2D eigenvalue weighted by molar-refractivity contribution is -0.699. The van der Waals surface area contributed by atoms with E-state index in [1.54, 1.807) is 24.3 Å². The van der Waals surface area contributed by atoms with Crippen molar-refractivity contribution in [1.29, 1.82) is 0 Å². The summed E-state index contributed by atoms with van der Waals surface area (Å²) >= 11 is 6.14. The molecule has 1 fully saturated rings. The van der Waals surface area contributed by atoms with Gasteiger partial charge >= 0.3 is 5.91 Å². The van der Waals surface area contributed by atoms with Crippen LogP contribution in [0.5, 0.6) is 0 Å². The van der Waals surface area contributed by atoms with Gasteiger partial charge in [0.2, 0.25) is 0 Å². The van der Waals surface area contributed by atoms with Crippen molar-refractivity contribution in [2.75, 3.05) is 32.7 Å². The lowest BCUT2D eigenvalue weighted by Gasteiger charge is -2.42. The van der Waals surface area contributed by atoms with Crippen LogP contribution in [0.15, 0.2) is 40.3 Å². The number of rotatable bonds is 11. The zero-order chi connectivity index (χ0) is 28.9. The summed E-state index contributed by atoms with van der Waals surface area (Å²) in [5.41, 5.74) is 1.67. The molecule has 0 radical (unpaired) electrons. The van der Waals surface area contributed by atoms with Crippen LogP contribution in [0, 0.1) is 16.5 Å². The van der Waals surface area contributed by atoms with Gasteiger partial charge in [0.25, 0.3) is 5.84 Å². The van der Waals surface area contributed by atoms with Gasteiger partial charge in [0, 0.05) is 16.0 Å². The second-order valence-electron chi connectivity index (χ2n) is 12.2. The maximum atomic E-state index is 14.0. The van der Waals surface area contributed by atoms with E-state index in [0.717, 1.165) is 63.7 Å². The molecule has 2 atom stereocenters. The molecule has 0 aromatic heterocycles. The number of likely N-dealkylation sites (tertiary alicyclic amines) is 1. The van der Waals surface area contributed by atoms with E-state index in [0.29, 0.717) is 28.9 Å². The highest BCUT2D eigenvalue weighted by atomic mass is 35.5. The molecular weight excluding hydrogens is 526 g/mol. The minimum atomic E-state index is -1.12. The molecule has 1 saturated heterocycles. The van der Waals surface area contributed by atoms with Gasteiger partial charge in [-0.3, -0.25) is 14.7 Å². The summed E-state index contributed by atoms with van der Waals surface area (Å²) < 4.78 is -1.12. The molecule has 2 unspecified atom stereocenters. The van der Waals surface area contributed by atoms with Crippen molar-refractivity contribution in [2.24, 2.45) is 21.3 Å². The fourth-order valence-corrected chi connectivity index (χ4v) is 6.28. The number of piperidine rings is 1. The summed E-state index contributed by atoms with van der Waals surface area (Å²) in [6.07, 6.45) is 9.57. The molecular formula is C31H44ClN5O3. The van der Waals surface area contributed by atoms with Crippen LogP contribution < -0.4 is 5.32 Å². The number of hydrogen-bond acceptors (Lipinski definition) is 7. The Balaban J connectivity index is 1.26. The van der Waals surface area contributed by atoms with Crippen molar-refractivity contribution >= 4 is 40.5 Å². The molecule has 0 saturated carbocycles. The summed E-state index contributed by atoms with van der Waals surface area (Å²) in [5, 5.41) is 18.0. The molecule has 3 aliphatic rings. The topological polar surface area (TPSA) is 97.2 Å². The van der Waals surface area contributed by atoms with E-state index in [9.17, 15) is 14.8 Å². The molecule has 1 aromatic rings. The Morgan fingerprint density at radius 2 is 2.02 bits per heavy atom. The number of Topliss-reactive ketones (excluding diaryl/α,β-unsaturated/α-hetero) is 1. The SMILES string of the molecule is CCCC(C)(C)C(=O)C(C)NCCCC1CCN(CC(=O)[N+]2([O-])CC=CC3=NCc4cc(Cl)ccc4N=C32)CC1. The van der Waals surface area contributed by atoms with Gasteiger partial charge in [0.15, 0.2) is 5.78 Å². The van der Waals surface area contributed by atoms with E-state index in [1.807, 2.05) is 26.8 Å². The predicted octanol–water partition coefficient (Wildman–Crippen LogP) is 5.60. The second-order valence-corrected chi connectivity index (χ2v) is 12.6. The number of carbonyl (C=O) groups is 2. The molecule has 1 amide bonds. The molecule has 1 aromatic carbocycles. The Bertz CT molecular complexity index is 1190. The molecule has 218 valence electrons. The molecule has 0 bridgehead atoms. The summed E-state index contributed by atoms with van der Waals surface area (Å²) in [6.45, 7) is 11.1. The van der Waals surface area contributed by atoms with E-state index in [4.69, 9.17) is 11.6 Å². The highest BCUT2D eigenvalue weighted by molar-refractivity contribution is 6.45. The van der Waals surface area contributed by atoms with Crippen molar-refractivity contribution in [1.82, 2.24) is 10.2 Å². The second kappa shape index (κ2) is 13.2. The van der Waals surface area contributed by atoms with Crippen LogP contribution in [0.3, 0.4) is 0 Å². The van der Waals surface area contributed by atoms with E-state index in [-0.39, 0.29) is 36.2 Å². The first-order valence-corrected chi connectivity index (χ1v) is 15.1. The van der Waals surface area contributed by atoms with Crippen molar-refractivity contribution < 1.29 is 14.2 Å². The fourth-order valence-electron chi connectivity index (χ4n) is 6.09. The Hall–Kier alpha value is -2.23. The normalized spacial score (nSPS) is 22.6. The number of benzene rings is 1. The van der Waals surface area contributed by atoms with Crippen LogP contribution in [0.2, 0.25) is 5.02 Å². The average Bonchev–Trinajstić information content (AvgIpc) is 3.11. The number of amides is 1. The van der Waals surface area contributed by atoms with Crippen molar-refractivity contribution in [2.45, 2.75) is 78.8 Å². The summed E-state index contributed by atoms with van der Waals surface area (Å²) in [6, 6.07) is 5.20. The number of hydroxylamine groups is 3. The Morgan fingerprint density at radius 3 is 2.75 bits per heavy atom. The van der Waals surface area contributed by atoms with Crippen LogP contribution in [0.4, 0.5) is 5.69 Å². The highest BCUT2D eigenvalue weighted by Crippen LogP contribution is 2.30. The van der Waals surface area contributed by atoms with Crippen LogP contribution in [0.1, 0.15) is 71.8 Å². The maximum Gasteiger partial charge on any atom is 0.334 e. The number of halogens is 1. The Labute approximate surface area is 243 Å². The highest BCUT2D eigenvalue weighted by Gasteiger charge is 2.40. The quantitative estimate of drug-likeness (QED) is 0.212.